The first-order valence-corrected chi connectivity index (χ1v) is 24.7. The molecule has 0 aromatic heterocycles. The average molecular weight is 1030 g/mol. The molecule has 7 aromatic carbocycles. The number of benzene rings is 7. The van der Waals surface area contributed by atoms with Crippen molar-refractivity contribution in [3.8, 4) is 23.0 Å². The number of aryl methyl sites for hydroxylation is 2. The SMILES string of the molecule is COc1cc(N=Nc2c(S(=O)(=O)O)cc3cc(NCOc4ccc(N)cc4)ccc3c2O)c(OC)cc1N=Nc1ccc(N=Nc2ccc(N=Nc3ccc(S(=O)(=O)O)cc3S(=O)(=O)O)c(C)c2)c(C)c1. The van der Waals surface area contributed by atoms with Gasteiger partial charge < -0.3 is 30.4 Å². The van der Waals surface area contributed by atoms with Gasteiger partial charge in [-0.3, -0.25) is 13.7 Å². The second-order valence-corrected chi connectivity index (χ2v) is 19.2. The van der Waals surface area contributed by atoms with E-state index in [1.807, 2.05) is 0 Å². The lowest BCUT2D eigenvalue weighted by atomic mass is 10.1. The van der Waals surface area contributed by atoms with E-state index in [2.05, 4.69) is 46.2 Å². The second kappa shape index (κ2) is 20.8. The monoisotopic (exact) mass is 1020 g/mol. The number of hydrogen-bond acceptors (Lipinski definition) is 20. The van der Waals surface area contributed by atoms with Crippen molar-refractivity contribution in [1.82, 2.24) is 0 Å². The van der Waals surface area contributed by atoms with Crippen molar-refractivity contribution in [2.75, 3.05) is 32.0 Å². The van der Waals surface area contributed by atoms with Crippen LogP contribution in [0.15, 0.2) is 171 Å². The molecule has 7 aromatic rings. The maximum absolute atomic E-state index is 12.6. The number of rotatable bonds is 17. The van der Waals surface area contributed by atoms with Gasteiger partial charge in [0.25, 0.3) is 30.4 Å². The van der Waals surface area contributed by atoms with Crippen molar-refractivity contribution >= 4 is 98.0 Å². The maximum Gasteiger partial charge on any atom is 0.296 e. The predicted molar refractivity (Wildman–Crippen MR) is 260 cm³/mol. The number of anilines is 2. The lowest BCUT2D eigenvalue weighted by Crippen LogP contribution is -2.08. The van der Waals surface area contributed by atoms with Gasteiger partial charge in [0.2, 0.25) is 0 Å². The number of nitrogens with zero attached hydrogens (tertiary/aromatic N) is 8. The normalized spacial score (nSPS) is 12.4. The second-order valence-electron chi connectivity index (χ2n) is 15.0. The van der Waals surface area contributed by atoms with Crippen molar-refractivity contribution in [3.05, 3.63) is 126 Å². The molecule has 71 heavy (non-hydrogen) atoms. The van der Waals surface area contributed by atoms with Crippen molar-refractivity contribution in [3.63, 3.8) is 0 Å². The number of phenolic OH excluding ortho intramolecular Hbond substituents is 1. The third-order valence-corrected chi connectivity index (χ3v) is 12.7. The molecule has 7 N–H and O–H groups in total. The topological polar surface area (TPSA) is 348 Å². The fourth-order valence-corrected chi connectivity index (χ4v) is 8.44. The zero-order valence-corrected chi connectivity index (χ0v) is 40.0. The van der Waals surface area contributed by atoms with E-state index >= 15 is 0 Å². The van der Waals surface area contributed by atoms with Crippen LogP contribution < -0.4 is 25.3 Å². The number of fused-ring (bicyclic) bond motifs is 1. The van der Waals surface area contributed by atoms with Crippen LogP contribution in [0.1, 0.15) is 11.1 Å². The summed E-state index contributed by atoms with van der Waals surface area (Å²) in [6.45, 7) is 3.52. The fraction of sp³-hybridized carbons (Fsp3) is 0.111. The molecule has 0 atom stereocenters. The van der Waals surface area contributed by atoms with Gasteiger partial charge in [-0.1, -0.05) is 0 Å². The molecule has 0 bridgehead atoms. The first kappa shape index (κ1) is 50.6. The number of hydrogen-bond donors (Lipinski definition) is 6. The summed E-state index contributed by atoms with van der Waals surface area (Å²) < 4.78 is 118. The molecule has 0 aliphatic carbocycles. The van der Waals surface area contributed by atoms with Gasteiger partial charge in [0.1, 0.15) is 49.8 Å². The first-order chi connectivity index (χ1) is 33.6. The number of methoxy groups -OCH3 is 2. The van der Waals surface area contributed by atoms with Gasteiger partial charge in [-0.15, -0.1) is 20.5 Å². The standard InChI is InChI=1S/C45H40N10O13S3/c1-25-17-31(8-14-35(25)50-48-30-9-15-36(26(2)18-30)51-52-37-16-12-33(69(57,58)59)21-42(37)70(60,61)62)49-53-38-22-41(67-4)39(23-40(38)66-3)54-55-44-43(71(63,64)65)20-27-19-29(7-13-34(27)45(44)56)47-24-68-32-10-5-28(46)6-11-32/h5-23,47,56H,24,46H2,1-4H3,(H,57,58,59)(H,60,61,62)(H,63,64,65). The molecule has 26 heteroatoms. The minimum Gasteiger partial charge on any atom is -0.505 e. The Morgan fingerprint density at radius 3 is 1.59 bits per heavy atom. The number of nitrogen functional groups attached to an aromatic ring is 1. The van der Waals surface area contributed by atoms with E-state index in [4.69, 9.17) is 19.9 Å². The third-order valence-electron chi connectivity index (χ3n) is 10.1. The third kappa shape index (κ3) is 12.3. The number of ether oxygens (including phenoxy) is 3. The molecule has 0 fully saturated rings. The van der Waals surface area contributed by atoms with Crippen LogP contribution in [-0.2, 0) is 30.4 Å². The Hall–Kier alpha value is -8.27. The average Bonchev–Trinajstić information content (AvgIpc) is 3.32. The van der Waals surface area contributed by atoms with Gasteiger partial charge in [0.05, 0.1) is 41.9 Å². The number of phenols is 1. The summed E-state index contributed by atoms with van der Waals surface area (Å²) in [7, 11) is -11.9. The van der Waals surface area contributed by atoms with Gasteiger partial charge in [0, 0.05) is 28.9 Å². The molecule has 7 rings (SSSR count). The van der Waals surface area contributed by atoms with E-state index in [0.29, 0.717) is 57.1 Å². The number of azo groups is 4. The van der Waals surface area contributed by atoms with Crippen LogP contribution >= 0.6 is 0 Å². The van der Waals surface area contributed by atoms with E-state index in [9.17, 15) is 44.0 Å². The molecule has 23 nitrogen and oxygen atoms in total. The van der Waals surface area contributed by atoms with Crippen LogP contribution in [-0.4, -0.2) is 65.0 Å². The molecule has 0 aliphatic heterocycles. The molecule has 0 spiro atoms. The molecular formula is C45H40N10O13S3. The Bertz CT molecular complexity index is 3690. The molecular weight excluding hydrogens is 985 g/mol. The van der Waals surface area contributed by atoms with Crippen molar-refractivity contribution in [1.29, 1.82) is 0 Å². The van der Waals surface area contributed by atoms with E-state index in [1.165, 1.54) is 38.5 Å². The summed E-state index contributed by atoms with van der Waals surface area (Å²) in [5.41, 5.74) is 9.06. The summed E-state index contributed by atoms with van der Waals surface area (Å²) in [4.78, 5) is -2.34. The summed E-state index contributed by atoms with van der Waals surface area (Å²) in [5.74, 6) is 0.285. The van der Waals surface area contributed by atoms with Gasteiger partial charge in [-0.25, -0.2) is 0 Å². The fourth-order valence-electron chi connectivity index (χ4n) is 6.55. The Kier molecular flexibility index (Phi) is 14.8. The van der Waals surface area contributed by atoms with E-state index < -0.39 is 56.5 Å². The number of nitrogens with two attached hydrogens (primary N) is 1. The highest BCUT2D eigenvalue weighted by Crippen LogP contribution is 2.45. The molecule has 0 saturated carbocycles. The molecule has 0 radical (unpaired) electrons. The zero-order valence-electron chi connectivity index (χ0n) is 37.5. The Morgan fingerprint density at radius 2 is 1.06 bits per heavy atom. The van der Waals surface area contributed by atoms with Crippen LogP contribution in [0.25, 0.3) is 10.8 Å². The van der Waals surface area contributed by atoms with Gasteiger partial charge in [-0.2, -0.15) is 45.7 Å². The van der Waals surface area contributed by atoms with Crippen LogP contribution in [0.4, 0.5) is 56.9 Å². The Morgan fingerprint density at radius 1 is 0.535 bits per heavy atom. The molecule has 0 aliphatic rings. The molecule has 366 valence electrons. The van der Waals surface area contributed by atoms with Crippen LogP contribution in [0, 0.1) is 13.8 Å². The van der Waals surface area contributed by atoms with Crippen LogP contribution in [0.3, 0.4) is 0 Å². The largest absolute Gasteiger partial charge is 0.505 e. The Balaban J connectivity index is 1.06. The number of aromatic hydroxyl groups is 1. The van der Waals surface area contributed by atoms with E-state index in [0.717, 1.165) is 18.2 Å². The predicted octanol–water partition coefficient (Wildman–Crippen LogP) is 11.6. The highest BCUT2D eigenvalue weighted by molar-refractivity contribution is 7.87. The summed E-state index contributed by atoms with van der Waals surface area (Å²) in [5, 5.41) is 48.2. The van der Waals surface area contributed by atoms with E-state index in [-0.39, 0.29) is 46.1 Å². The van der Waals surface area contributed by atoms with Gasteiger partial charge in [-0.05, 0) is 133 Å². The zero-order chi connectivity index (χ0) is 51.3. The lowest BCUT2D eigenvalue weighted by molar-refractivity contribution is 0.347. The maximum atomic E-state index is 12.6. The molecule has 0 amide bonds. The van der Waals surface area contributed by atoms with Crippen LogP contribution in [0.5, 0.6) is 23.0 Å². The highest BCUT2D eigenvalue weighted by atomic mass is 32.2. The summed E-state index contributed by atoms with van der Waals surface area (Å²) >= 11 is 0. The highest BCUT2D eigenvalue weighted by Gasteiger charge is 2.24. The quantitative estimate of drug-likeness (QED) is 0.0214. The molecule has 0 unspecified atom stereocenters. The minimum absolute atomic E-state index is 0.0464. The van der Waals surface area contributed by atoms with Gasteiger partial charge in [0.15, 0.2) is 12.5 Å². The lowest BCUT2D eigenvalue weighted by Gasteiger charge is -2.13. The van der Waals surface area contributed by atoms with Crippen molar-refractivity contribution in [2.24, 2.45) is 40.9 Å². The first-order valence-electron chi connectivity index (χ1n) is 20.3. The summed E-state index contributed by atoms with van der Waals surface area (Å²) in [6, 6.07) is 27.7. The van der Waals surface area contributed by atoms with Crippen LogP contribution in [0.2, 0.25) is 0 Å². The number of nitrogens with one attached hydrogen (secondary N) is 1. The molecule has 0 heterocycles. The smallest absolute Gasteiger partial charge is 0.296 e. The molecule has 0 saturated heterocycles. The van der Waals surface area contributed by atoms with E-state index in [1.54, 1.807) is 80.6 Å². The minimum atomic E-state index is -4.94. The van der Waals surface area contributed by atoms with Crippen molar-refractivity contribution < 1.29 is 58.2 Å². The Labute approximate surface area is 405 Å². The van der Waals surface area contributed by atoms with Gasteiger partial charge >= 0.3 is 0 Å². The summed E-state index contributed by atoms with van der Waals surface area (Å²) in [6.07, 6.45) is 0. The van der Waals surface area contributed by atoms with Crippen molar-refractivity contribution in [2.45, 2.75) is 28.5 Å².